The summed E-state index contributed by atoms with van der Waals surface area (Å²) in [5.41, 5.74) is 4.63. The van der Waals surface area contributed by atoms with E-state index in [0.29, 0.717) is 6.61 Å². The summed E-state index contributed by atoms with van der Waals surface area (Å²) in [7, 11) is 1.68. The molecule has 0 aliphatic carbocycles. The smallest absolute Gasteiger partial charge is 0.172 e. The van der Waals surface area contributed by atoms with E-state index in [1.807, 2.05) is 42.0 Å². The zero-order chi connectivity index (χ0) is 23.0. The minimum absolute atomic E-state index is 0.240. The van der Waals surface area contributed by atoms with Crippen LogP contribution in [0.4, 0.5) is 4.39 Å². The zero-order valence-corrected chi connectivity index (χ0v) is 19.1. The molecule has 6 nitrogen and oxygen atoms in total. The molecular formula is C26H27FN4O2. The van der Waals surface area contributed by atoms with Gasteiger partial charge in [-0.1, -0.05) is 23.4 Å². The highest BCUT2D eigenvalue weighted by Crippen LogP contribution is 2.37. The van der Waals surface area contributed by atoms with Crippen molar-refractivity contribution in [1.82, 2.24) is 14.5 Å². The lowest BCUT2D eigenvalue weighted by Crippen LogP contribution is -2.55. The van der Waals surface area contributed by atoms with Crippen LogP contribution in [0.15, 0.2) is 65.7 Å². The number of aryl methyl sites for hydroxylation is 1. The molecule has 7 heteroatoms. The van der Waals surface area contributed by atoms with Crippen LogP contribution in [-0.2, 0) is 10.4 Å². The Balaban J connectivity index is 1.48. The Bertz CT molecular complexity index is 1230. The van der Waals surface area contributed by atoms with Crippen molar-refractivity contribution in [2.24, 2.45) is 5.16 Å². The van der Waals surface area contributed by atoms with E-state index in [9.17, 15) is 4.39 Å². The average molecular weight is 447 g/mol. The van der Waals surface area contributed by atoms with Gasteiger partial charge in [-0.15, -0.1) is 0 Å². The molecule has 0 bridgehead atoms. The molecule has 170 valence electrons. The minimum Gasteiger partial charge on any atom is -0.495 e. The van der Waals surface area contributed by atoms with Crippen molar-refractivity contribution in [3.63, 3.8) is 0 Å². The van der Waals surface area contributed by atoms with Crippen molar-refractivity contribution in [1.29, 1.82) is 0 Å². The molecule has 0 amide bonds. The summed E-state index contributed by atoms with van der Waals surface area (Å²) in [6.45, 7) is 5.38. The van der Waals surface area contributed by atoms with E-state index in [-0.39, 0.29) is 5.82 Å². The molecule has 1 fully saturated rings. The number of hydrogen-bond acceptors (Lipinski definition) is 5. The lowest BCUT2D eigenvalue weighted by molar-refractivity contribution is 0.00241. The Labute approximate surface area is 192 Å². The minimum atomic E-state index is -0.412. The predicted molar refractivity (Wildman–Crippen MR) is 126 cm³/mol. The molecule has 1 saturated heterocycles. The number of oxime groups is 1. The van der Waals surface area contributed by atoms with Gasteiger partial charge in [0, 0.05) is 12.7 Å². The van der Waals surface area contributed by atoms with E-state index >= 15 is 0 Å². The number of nitrogens with zero attached hydrogens (tertiary/aromatic N) is 4. The largest absolute Gasteiger partial charge is 0.495 e. The number of halogens is 1. The van der Waals surface area contributed by atoms with Crippen LogP contribution >= 0.6 is 0 Å². The van der Waals surface area contributed by atoms with Gasteiger partial charge in [0.15, 0.2) is 5.84 Å². The Kier molecular flexibility index (Phi) is 5.40. The number of piperidine rings is 1. The second kappa shape index (κ2) is 8.39. The fraction of sp³-hybridized carbons (Fsp3) is 0.308. The third-order valence-electron chi connectivity index (χ3n) is 6.46. The van der Waals surface area contributed by atoms with Gasteiger partial charge in [-0.25, -0.2) is 9.37 Å². The van der Waals surface area contributed by atoms with E-state index in [1.165, 1.54) is 12.1 Å². The first-order chi connectivity index (χ1) is 16.0. The summed E-state index contributed by atoms with van der Waals surface area (Å²) in [5, 5.41) is 4.43. The fourth-order valence-corrected chi connectivity index (χ4v) is 4.64. The monoisotopic (exact) mass is 446 g/mol. The van der Waals surface area contributed by atoms with E-state index in [1.54, 1.807) is 13.4 Å². The van der Waals surface area contributed by atoms with Gasteiger partial charge >= 0.3 is 0 Å². The van der Waals surface area contributed by atoms with E-state index in [2.05, 4.69) is 34.1 Å². The normalized spacial score (nSPS) is 21.4. The van der Waals surface area contributed by atoms with Crippen molar-refractivity contribution in [2.75, 3.05) is 20.3 Å². The van der Waals surface area contributed by atoms with Crippen molar-refractivity contribution >= 4 is 11.9 Å². The molecule has 2 aromatic carbocycles. The first kappa shape index (κ1) is 21.2. The molecule has 2 aliphatic heterocycles. The van der Waals surface area contributed by atoms with E-state index in [4.69, 9.17) is 9.57 Å². The molecular weight excluding hydrogens is 419 g/mol. The second-order valence-corrected chi connectivity index (χ2v) is 8.75. The summed E-state index contributed by atoms with van der Waals surface area (Å²) < 4.78 is 21.2. The number of benzene rings is 2. The Morgan fingerprint density at radius 3 is 2.73 bits per heavy atom. The average Bonchev–Trinajstić information content (AvgIpc) is 3.26. The van der Waals surface area contributed by atoms with Gasteiger partial charge in [0.2, 0.25) is 0 Å². The number of imidazole rings is 1. The van der Waals surface area contributed by atoms with Gasteiger partial charge in [-0.05, 0) is 73.7 Å². The van der Waals surface area contributed by atoms with Gasteiger partial charge in [0.1, 0.15) is 23.7 Å². The maximum atomic E-state index is 13.5. The third-order valence-corrected chi connectivity index (χ3v) is 6.46. The maximum absolute atomic E-state index is 13.5. The molecule has 0 spiro atoms. The number of methoxy groups -OCH3 is 1. The lowest BCUT2D eigenvalue weighted by atomic mass is 9.86. The molecule has 3 heterocycles. The fourth-order valence-electron chi connectivity index (χ4n) is 4.64. The first-order valence-corrected chi connectivity index (χ1v) is 11.1. The molecule has 0 N–H and O–H groups in total. The van der Waals surface area contributed by atoms with Gasteiger partial charge in [-0.2, -0.15) is 0 Å². The molecule has 0 radical (unpaired) electrons. The zero-order valence-electron chi connectivity index (χ0n) is 19.1. The molecule has 0 saturated carbocycles. The van der Waals surface area contributed by atoms with Crippen LogP contribution in [0.25, 0.3) is 11.8 Å². The molecule has 2 aliphatic rings. The van der Waals surface area contributed by atoms with E-state index in [0.717, 1.165) is 59.1 Å². The Hall–Kier alpha value is -3.61. The standard InChI is InChI=1S/C26H27FN4O2/c1-18-15-30(17-28-18)23-11-6-19(14-24(23)32-3)13-20-5-4-12-31-25(20)29-33-16-26(31,2)21-7-9-22(27)10-8-21/h6-11,13-15,17H,4-5,12,16H2,1-3H3/b20-13-. The molecule has 33 heavy (non-hydrogen) atoms. The van der Waals surface area contributed by atoms with Gasteiger partial charge < -0.3 is 19.0 Å². The summed E-state index contributed by atoms with van der Waals surface area (Å²) in [6.07, 6.45) is 7.82. The number of aromatic nitrogens is 2. The molecule has 1 aromatic heterocycles. The number of ether oxygens (including phenoxy) is 1. The number of hydrogen-bond donors (Lipinski definition) is 0. The van der Waals surface area contributed by atoms with Crippen LogP contribution in [-0.4, -0.2) is 40.5 Å². The molecule has 3 aromatic rings. The third kappa shape index (κ3) is 3.88. The highest BCUT2D eigenvalue weighted by Gasteiger charge is 2.42. The highest BCUT2D eigenvalue weighted by atomic mass is 19.1. The summed E-state index contributed by atoms with van der Waals surface area (Å²) in [6, 6.07) is 12.8. The Morgan fingerprint density at radius 2 is 2.00 bits per heavy atom. The summed E-state index contributed by atoms with van der Waals surface area (Å²) in [5.74, 6) is 1.37. The van der Waals surface area contributed by atoms with Crippen LogP contribution in [0, 0.1) is 12.7 Å². The van der Waals surface area contributed by atoms with Crippen LogP contribution in [0.3, 0.4) is 0 Å². The first-order valence-electron chi connectivity index (χ1n) is 11.1. The van der Waals surface area contributed by atoms with Crippen molar-refractivity contribution in [3.05, 3.63) is 83.2 Å². The van der Waals surface area contributed by atoms with Crippen molar-refractivity contribution in [3.8, 4) is 11.4 Å². The molecule has 5 rings (SSSR count). The van der Waals surface area contributed by atoms with Gasteiger partial charge in [0.25, 0.3) is 0 Å². The van der Waals surface area contributed by atoms with Crippen LogP contribution < -0.4 is 4.74 Å². The van der Waals surface area contributed by atoms with Crippen LogP contribution in [0.2, 0.25) is 0 Å². The quantitative estimate of drug-likeness (QED) is 0.562. The molecule has 1 atom stereocenters. The predicted octanol–water partition coefficient (Wildman–Crippen LogP) is 5.07. The van der Waals surface area contributed by atoms with Gasteiger partial charge in [-0.3, -0.25) is 0 Å². The number of rotatable bonds is 4. The van der Waals surface area contributed by atoms with Crippen LogP contribution in [0.1, 0.15) is 36.6 Å². The SMILES string of the molecule is COc1cc(/C=C2/CCCN3C2=NOCC3(C)c2ccc(F)cc2)ccc1-n1cnc(C)c1. The summed E-state index contributed by atoms with van der Waals surface area (Å²) >= 11 is 0. The number of amidine groups is 1. The lowest BCUT2D eigenvalue weighted by Gasteiger charge is -2.47. The second-order valence-electron chi connectivity index (χ2n) is 8.75. The molecule has 1 unspecified atom stereocenters. The van der Waals surface area contributed by atoms with Gasteiger partial charge in [0.05, 0.1) is 24.8 Å². The maximum Gasteiger partial charge on any atom is 0.172 e. The Morgan fingerprint density at radius 1 is 1.18 bits per heavy atom. The topological polar surface area (TPSA) is 51.9 Å². The van der Waals surface area contributed by atoms with Crippen LogP contribution in [0.5, 0.6) is 5.75 Å². The number of fused-ring (bicyclic) bond motifs is 1. The highest BCUT2D eigenvalue weighted by molar-refractivity contribution is 6.03. The van der Waals surface area contributed by atoms with Crippen molar-refractivity contribution < 1.29 is 14.0 Å². The van der Waals surface area contributed by atoms with Crippen molar-refractivity contribution in [2.45, 2.75) is 32.2 Å². The summed E-state index contributed by atoms with van der Waals surface area (Å²) in [4.78, 5) is 12.3. The van der Waals surface area contributed by atoms with E-state index < -0.39 is 5.54 Å².